The Morgan fingerprint density at radius 3 is 2.67 bits per heavy atom. The quantitative estimate of drug-likeness (QED) is 0.725. The summed E-state index contributed by atoms with van der Waals surface area (Å²) in [4.78, 5) is 10.5. The smallest absolute Gasteiger partial charge is 0.186 e. The van der Waals surface area contributed by atoms with Crippen LogP contribution < -0.4 is 5.32 Å². The van der Waals surface area contributed by atoms with Crippen LogP contribution in [-0.4, -0.2) is 45.8 Å². The van der Waals surface area contributed by atoms with Crippen LogP contribution >= 0.6 is 11.6 Å². The third-order valence-electron chi connectivity index (χ3n) is 3.05. The Morgan fingerprint density at radius 1 is 1.19 bits per heavy atom. The van der Waals surface area contributed by atoms with Gasteiger partial charge in [-0.3, -0.25) is 10.00 Å². The van der Waals surface area contributed by atoms with Gasteiger partial charge in [0.1, 0.15) is 12.1 Å². The highest BCUT2D eigenvalue weighted by Crippen LogP contribution is 2.30. The molecule has 3 rings (SSSR count). The van der Waals surface area contributed by atoms with Gasteiger partial charge in [0, 0.05) is 10.6 Å². The number of H-pyrrole nitrogens is 1. The van der Waals surface area contributed by atoms with Crippen molar-refractivity contribution in [1.82, 2.24) is 25.1 Å². The molecule has 6 nitrogen and oxygen atoms in total. The summed E-state index contributed by atoms with van der Waals surface area (Å²) in [7, 11) is 3.97. The van der Waals surface area contributed by atoms with Gasteiger partial charge in [0.05, 0.1) is 17.7 Å². The first-order chi connectivity index (χ1) is 10.1. The topological polar surface area (TPSA) is 69.7 Å². The lowest BCUT2D eigenvalue weighted by Gasteiger charge is -2.12. The van der Waals surface area contributed by atoms with Crippen molar-refractivity contribution in [1.29, 1.82) is 0 Å². The second kappa shape index (κ2) is 5.67. The van der Waals surface area contributed by atoms with Crippen molar-refractivity contribution in [2.45, 2.75) is 0 Å². The minimum absolute atomic E-state index is 0.635. The summed E-state index contributed by atoms with van der Waals surface area (Å²) in [5.74, 6) is 0.757. The van der Waals surface area contributed by atoms with Crippen LogP contribution in [0, 0.1) is 0 Å². The average Bonchev–Trinajstić information content (AvgIpc) is 2.90. The maximum atomic E-state index is 5.94. The molecule has 7 heteroatoms. The molecule has 0 aliphatic heterocycles. The first-order valence-corrected chi connectivity index (χ1v) is 6.86. The summed E-state index contributed by atoms with van der Waals surface area (Å²) in [6, 6.07) is 7.58. The zero-order valence-electron chi connectivity index (χ0n) is 11.8. The number of benzene rings is 1. The second-order valence-electron chi connectivity index (χ2n) is 4.94. The van der Waals surface area contributed by atoms with Gasteiger partial charge in [0.2, 0.25) is 0 Å². The number of hydrogen-bond acceptors (Lipinski definition) is 5. The number of hydrogen-bond donors (Lipinski definition) is 2. The maximum absolute atomic E-state index is 5.94. The van der Waals surface area contributed by atoms with Crippen LogP contribution in [0.1, 0.15) is 0 Å². The molecule has 0 saturated heterocycles. The van der Waals surface area contributed by atoms with E-state index in [-0.39, 0.29) is 0 Å². The Bertz CT molecular complexity index is 750. The summed E-state index contributed by atoms with van der Waals surface area (Å²) in [6.07, 6.45) is 1.51. The molecule has 0 spiro atoms. The van der Waals surface area contributed by atoms with Gasteiger partial charge in [-0.15, -0.1) is 0 Å². The minimum Gasteiger partial charge on any atom is -0.357 e. The second-order valence-corrected chi connectivity index (χ2v) is 5.38. The molecule has 21 heavy (non-hydrogen) atoms. The Labute approximate surface area is 127 Å². The molecule has 0 radical (unpaired) electrons. The van der Waals surface area contributed by atoms with Gasteiger partial charge in [0.25, 0.3) is 0 Å². The van der Waals surface area contributed by atoms with Gasteiger partial charge in [-0.1, -0.05) is 23.7 Å². The molecule has 0 amide bonds. The molecule has 2 heterocycles. The summed E-state index contributed by atoms with van der Waals surface area (Å²) in [5, 5.41) is 12.1. The van der Waals surface area contributed by atoms with E-state index in [0.29, 0.717) is 17.3 Å². The van der Waals surface area contributed by atoms with Gasteiger partial charge in [-0.05, 0) is 26.2 Å². The molecule has 3 aromatic rings. The van der Waals surface area contributed by atoms with Gasteiger partial charge >= 0.3 is 0 Å². The molecular weight excluding hydrogens is 288 g/mol. The fraction of sp³-hybridized carbons (Fsp3) is 0.214. The molecule has 0 aliphatic carbocycles. The Balaban J connectivity index is 2.08. The van der Waals surface area contributed by atoms with Crippen molar-refractivity contribution in [3.63, 3.8) is 0 Å². The number of nitrogens with zero attached hydrogens (tertiary/aromatic N) is 4. The molecular formula is C14H15ClN6. The van der Waals surface area contributed by atoms with E-state index in [0.717, 1.165) is 22.5 Å². The lowest BCUT2D eigenvalue weighted by molar-refractivity contribution is 0.439. The highest BCUT2D eigenvalue weighted by Gasteiger charge is 2.14. The third kappa shape index (κ3) is 2.81. The van der Waals surface area contributed by atoms with Crippen LogP contribution in [0.4, 0.5) is 5.82 Å². The minimum atomic E-state index is 0.635. The Kier molecular flexibility index (Phi) is 3.72. The van der Waals surface area contributed by atoms with Crippen LogP contribution in [0.3, 0.4) is 0 Å². The van der Waals surface area contributed by atoms with E-state index in [9.17, 15) is 0 Å². The van der Waals surface area contributed by atoms with Gasteiger partial charge in [-0.2, -0.15) is 5.10 Å². The van der Waals surface area contributed by atoms with E-state index in [1.54, 1.807) is 0 Å². The van der Waals surface area contributed by atoms with E-state index in [1.165, 1.54) is 6.33 Å². The predicted molar refractivity (Wildman–Crippen MR) is 84.3 cm³/mol. The monoisotopic (exact) mass is 302 g/mol. The number of fused-ring (bicyclic) bond motifs is 1. The van der Waals surface area contributed by atoms with E-state index in [2.05, 4.69) is 25.5 Å². The van der Waals surface area contributed by atoms with Crippen molar-refractivity contribution < 1.29 is 0 Å². The van der Waals surface area contributed by atoms with E-state index < -0.39 is 0 Å². The third-order valence-corrected chi connectivity index (χ3v) is 3.30. The molecule has 0 aliphatic rings. The molecule has 108 valence electrons. The predicted octanol–water partition coefficient (Wildman–Crippen LogP) is 2.60. The number of halogens is 1. The van der Waals surface area contributed by atoms with Crippen molar-refractivity contribution in [2.24, 2.45) is 0 Å². The molecule has 0 saturated carbocycles. The highest BCUT2D eigenvalue weighted by molar-refractivity contribution is 6.30. The Morgan fingerprint density at radius 2 is 1.95 bits per heavy atom. The fourth-order valence-corrected chi connectivity index (χ4v) is 2.17. The largest absolute Gasteiger partial charge is 0.357 e. The van der Waals surface area contributed by atoms with Gasteiger partial charge in [0.15, 0.2) is 5.65 Å². The first kappa shape index (κ1) is 13.8. The summed E-state index contributed by atoms with van der Waals surface area (Å²) in [5.41, 5.74) is 2.50. The van der Waals surface area contributed by atoms with Gasteiger partial charge < -0.3 is 5.32 Å². The lowest BCUT2D eigenvalue weighted by atomic mass is 10.1. The number of aromatic nitrogens is 4. The van der Waals surface area contributed by atoms with Crippen LogP contribution in [0.25, 0.3) is 22.3 Å². The lowest BCUT2D eigenvalue weighted by Crippen LogP contribution is -2.21. The zero-order valence-corrected chi connectivity index (χ0v) is 12.5. The molecule has 0 unspecified atom stereocenters. The zero-order chi connectivity index (χ0) is 14.8. The molecule has 0 atom stereocenters. The number of nitrogens with one attached hydrogen (secondary N) is 2. The van der Waals surface area contributed by atoms with Crippen LogP contribution in [0.5, 0.6) is 0 Å². The van der Waals surface area contributed by atoms with E-state index in [1.807, 2.05) is 43.3 Å². The van der Waals surface area contributed by atoms with E-state index >= 15 is 0 Å². The van der Waals surface area contributed by atoms with Crippen molar-refractivity contribution in [2.75, 3.05) is 26.1 Å². The number of aromatic amines is 1. The first-order valence-electron chi connectivity index (χ1n) is 6.49. The average molecular weight is 303 g/mol. The van der Waals surface area contributed by atoms with Crippen molar-refractivity contribution in [3.8, 4) is 11.3 Å². The molecule has 1 aromatic carbocycles. The van der Waals surface area contributed by atoms with E-state index in [4.69, 9.17) is 11.6 Å². The SMILES string of the molecule is CN(C)CNc1ncnc2n[nH]c(-c3ccc(Cl)cc3)c12. The van der Waals surface area contributed by atoms with Crippen molar-refractivity contribution in [3.05, 3.63) is 35.6 Å². The summed E-state index contributed by atoms with van der Waals surface area (Å²) >= 11 is 5.94. The normalized spacial score (nSPS) is 11.2. The number of rotatable bonds is 4. The van der Waals surface area contributed by atoms with Gasteiger partial charge in [-0.25, -0.2) is 9.97 Å². The Hall–Kier alpha value is -2.18. The standard InChI is InChI=1S/C14H15ClN6/c1-21(2)8-18-13-11-12(9-3-5-10(15)6-4-9)19-20-14(11)17-7-16-13/h3-7H,8H2,1-2H3,(H2,16,17,18,19,20). The summed E-state index contributed by atoms with van der Waals surface area (Å²) in [6.45, 7) is 0.678. The fourth-order valence-electron chi connectivity index (χ4n) is 2.05. The summed E-state index contributed by atoms with van der Waals surface area (Å²) < 4.78 is 0. The van der Waals surface area contributed by atoms with Crippen LogP contribution in [-0.2, 0) is 0 Å². The molecule has 0 bridgehead atoms. The van der Waals surface area contributed by atoms with Crippen molar-refractivity contribution >= 4 is 28.5 Å². The van der Waals surface area contributed by atoms with Crippen LogP contribution in [0.2, 0.25) is 5.02 Å². The molecule has 0 fully saturated rings. The highest BCUT2D eigenvalue weighted by atomic mass is 35.5. The number of anilines is 1. The van der Waals surface area contributed by atoms with Crippen LogP contribution in [0.15, 0.2) is 30.6 Å². The maximum Gasteiger partial charge on any atom is 0.186 e. The molecule has 2 aromatic heterocycles. The molecule has 2 N–H and O–H groups in total.